The van der Waals surface area contributed by atoms with Crippen molar-refractivity contribution in [3.63, 3.8) is 0 Å². The van der Waals surface area contributed by atoms with Gasteiger partial charge in [-0.3, -0.25) is 4.98 Å². The summed E-state index contributed by atoms with van der Waals surface area (Å²) in [6.07, 6.45) is 3.61. The number of hydrogen-bond donors (Lipinski definition) is 0. The largest absolute Gasteiger partial charge is 0.493 e. The van der Waals surface area contributed by atoms with Crippen LogP contribution in [0.25, 0.3) is 10.9 Å². The lowest BCUT2D eigenvalue weighted by molar-refractivity contribution is 0.0139. The number of pyridine rings is 1. The van der Waals surface area contributed by atoms with Gasteiger partial charge < -0.3 is 14.4 Å². The molecule has 1 fully saturated rings. The van der Waals surface area contributed by atoms with Gasteiger partial charge in [0, 0.05) is 30.6 Å². The minimum atomic E-state index is -0.459. The van der Waals surface area contributed by atoms with Gasteiger partial charge in [0.05, 0.1) is 12.1 Å². The Morgan fingerprint density at radius 3 is 2.96 bits per heavy atom. The van der Waals surface area contributed by atoms with Crippen LogP contribution in [-0.4, -0.2) is 41.3 Å². The highest BCUT2D eigenvalue weighted by molar-refractivity contribution is 5.79. The third kappa shape index (κ3) is 4.84. The Balaban J connectivity index is 1.56. The standard InChI is InChI=1S/C20H26N2O3/c1-20(2,3)25-19(23)22-11-5-6-15(13-22)14-24-17-8-9-18-16(12-17)7-4-10-21-18/h4,7-10,12,15H,5-6,11,13-14H2,1-3H3. The number of hydrogen-bond acceptors (Lipinski definition) is 4. The molecule has 0 bridgehead atoms. The third-order valence-corrected chi connectivity index (χ3v) is 4.23. The molecule has 5 heteroatoms. The molecule has 1 aromatic carbocycles. The van der Waals surface area contributed by atoms with Crippen molar-refractivity contribution in [1.29, 1.82) is 0 Å². The van der Waals surface area contributed by atoms with E-state index in [0.29, 0.717) is 19.1 Å². The fourth-order valence-corrected chi connectivity index (χ4v) is 3.05. The highest BCUT2D eigenvalue weighted by atomic mass is 16.6. The van der Waals surface area contributed by atoms with Crippen LogP contribution >= 0.6 is 0 Å². The molecule has 3 rings (SSSR count). The number of fused-ring (bicyclic) bond motifs is 1. The van der Waals surface area contributed by atoms with Gasteiger partial charge in [-0.2, -0.15) is 0 Å². The summed E-state index contributed by atoms with van der Waals surface area (Å²) >= 11 is 0. The van der Waals surface area contributed by atoms with Gasteiger partial charge >= 0.3 is 6.09 Å². The number of amides is 1. The van der Waals surface area contributed by atoms with Crippen molar-refractivity contribution in [2.75, 3.05) is 19.7 Å². The summed E-state index contributed by atoms with van der Waals surface area (Å²) in [7, 11) is 0. The quantitative estimate of drug-likeness (QED) is 0.836. The van der Waals surface area contributed by atoms with Crippen LogP contribution in [0.3, 0.4) is 0 Å². The first kappa shape index (κ1) is 17.5. The van der Waals surface area contributed by atoms with Gasteiger partial charge in [-0.15, -0.1) is 0 Å². The molecular formula is C20H26N2O3. The lowest BCUT2D eigenvalue weighted by Crippen LogP contribution is -2.44. The Morgan fingerprint density at radius 2 is 2.16 bits per heavy atom. The van der Waals surface area contributed by atoms with E-state index >= 15 is 0 Å². The molecule has 5 nitrogen and oxygen atoms in total. The van der Waals surface area contributed by atoms with Gasteiger partial charge in [-0.25, -0.2) is 4.79 Å². The molecule has 0 N–H and O–H groups in total. The molecule has 25 heavy (non-hydrogen) atoms. The molecule has 0 saturated carbocycles. The number of piperidine rings is 1. The Morgan fingerprint density at radius 1 is 1.32 bits per heavy atom. The Bertz CT molecular complexity index is 739. The van der Waals surface area contributed by atoms with Crippen molar-refractivity contribution >= 4 is 17.0 Å². The Hall–Kier alpha value is -2.30. The zero-order valence-electron chi connectivity index (χ0n) is 15.2. The lowest BCUT2D eigenvalue weighted by Gasteiger charge is -2.34. The first-order valence-electron chi connectivity index (χ1n) is 8.86. The van der Waals surface area contributed by atoms with E-state index in [1.807, 2.05) is 51.1 Å². The summed E-state index contributed by atoms with van der Waals surface area (Å²) < 4.78 is 11.5. The summed E-state index contributed by atoms with van der Waals surface area (Å²) in [5.74, 6) is 1.17. The number of rotatable bonds is 3. The number of carbonyl (C=O) groups is 1. The normalized spacial score (nSPS) is 18.2. The van der Waals surface area contributed by atoms with Gasteiger partial charge in [0.25, 0.3) is 0 Å². The van der Waals surface area contributed by atoms with Crippen molar-refractivity contribution in [3.8, 4) is 5.75 Å². The van der Waals surface area contributed by atoms with Crippen LogP contribution in [0.2, 0.25) is 0 Å². The number of likely N-dealkylation sites (tertiary alicyclic amines) is 1. The van der Waals surface area contributed by atoms with Crippen molar-refractivity contribution < 1.29 is 14.3 Å². The highest BCUT2D eigenvalue weighted by Gasteiger charge is 2.27. The smallest absolute Gasteiger partial charge is 0.410 e. The summed E-state index contributed by atoms with van der Waals surface area (Å²) in [6, 6.07) is 9.88. The number of aromatic nitrogens is 1. The molecule has 1 atom stereocenters. The molecule has 1 saturated heterocycles. The van der Waals surface area contributed by atoms with E-state index in [-0.39, 0.29) is 6.09 Å². The van der Waals surface area contributed by atoms with E-state index in [4.69, 9.17) is 9.47 Å². The van der Waals surface area contributed by atoms with E-state index < -0.39 is 5.60 Å². The van der Waals surface area contributed by atoms with Crippen molar-refractivity contribution in [3.05, 3.63) is 36.5 Å². The predicted molar refractivity (Wildman–Crippen MR) is 97.8 cm³/mol. The average molecular weight is 342 g/mol. The van der Waals surface area contributed by atoms with E-state index in [1.165, 1.54) is 0 Å². The van der Waals surface area contributed by atoms with Gasteiger partial charge in [0.1, 0.15) is 11.4 Å². The highest BCUT2D eigenvalue weighted by Crippen LogP contribution is 2.23. The molecule has 0 aliphatic carbocycles. The molecule has 1 aromatic heterocycles. The number of nitrogens with zero attached hydrogens (tertiary/aromatic N) is 2. The molecule has 1 aliphatic heterocycles. The van der Waals surface area contributed by atoms with Crippen LogP contribution in [0.1, 0.15) is 33.6 Å². The van der Waals surface area contributed by atoms with E-state index in [2.05, 4.69) is 4.98 Å². The molecule has 1 amide bonds. The molecule has 0 radical (unpaired) electrons. The number of benzene rings is 1. The molecule has 2 heterocycles. The fourth-order valence-electron chi connectivity index (χ4n) is 3.05. The summed E-state index contributed by atoms with van der Waals surface area (Å²) in [5.41, 5.74) is 0.503. The van der Waals surface area contributed by atoms with Crippen LogP contribution in [0.15, 0.2) is 36.5 Å². The van der Waals surface area contributed by atoms with E-state index in [1.54, 1.807) is 11.1 Å². The number of carbonyl (C=O) groups excluding carboxylic acids is 1. The van der Waals surface area contributed by atoms with Crippen molar-refractivity contribution in [2.45, 2.75) is 39.2 Å². The maximum Gasteiger partial charge on any atom is 0.410 e. The second kappa shape index (κ2) is 7.30. The average Bonchev–Trinajstić information content (AvgIpc) is 2.58. The van der Waals surface area contributed by atoms with Gasteiger partial charge in [0.15, 0.2) is 0 Å². The molecular weight excluding hydrogens is 316 g/mol. The van der Waals surface area contributed by atoms with Crippen molar-refractivity contribution in [2.24, 2.45) is 5.92 Å². The molecule has 134 valence electrons. The molecule has 0 spiro atoms. The van der Waals surface area contributed by atoms with Crippen LogP contribution < -0.4 is 4.74 Å². The minimum Gasteiger partial charge on any atom is -0.493 e. The topological polar surface area (TPSA) is 51.7 Å². The SMILES string of the molecule is CC(C)(C)OC(=O)N1CCCC(COc2ccc3ncccc3c2)C1. The van der Waals surface area contributed by atoms with Crippen LogP contribution in [0.5, 0.6) is 5.75 Å². The Labute approximate surface area is 148 Å². The second-order valence-corrected chi connectivity index (χ2v) is 7.60. The van der Waals surface area contributed by atoms with E-state index in [0.717, 1.165) is 36.0 Å². The molecule has 1 aliphatic rings. The summed E-state index contributed by atoms with van der Waals surface area (Å²) in [5, 5.41) is 1.07. The van der Waals surface area contributed by atoms with Gasteiger partial charge in [0.2, 0.25) is 0 Å². The first-order chi connectivity index (χ1) is 11.9. The third-order valence-electron chi connectivity index (χ3n) is 4.23. The van der Waals surface area contributed by atoms with Gasteiger partial charge in [-0.05, 0) is 57.9 Å². The Kier molecular flexibility index (Phi) is 5.11. The zero-order valence-corrected chi connectivity index (χ0v) is 15.2. The maximum atomic E-state index is 12.2. The monoisotopic (exact) mass is 342 g/mol. The predicted octanol–water partition coefficient (Wildman–Crippen LogP) is 4.26. The van der Waals surface area contributed by atoms with Crippen LogP contribution in [0, 0.1) is 5.92 Å². The fraction of sp³-hybridized carbons (Fsp3) is 0.500. The lowest BCUT2D eigenvalue weighted by atomic mass is 9.99. The zero-order chi connectivity index (χ0) is 17.9. The minimum absolute atomic E-state index is 0.228. The van der Waals surface area contributed by atoms with E-state index in [9.17, 15) is 4.79 Å². The number of ether oxygens (including phenoxy) is 2. The van der Waals surface area contributed by atoms with Gasteiger partial charge in [-0.1, -0.05) is 6.07 Å². The van der Waals surface area contributed by atoms with Crippen LogP contribution in [0.4, 0.5) is 4.79 Å². The summed E-state index contributed by atoms with van der Waals surface area (Å²) in [6.45, 7) is 7.72. The van der Waals surface area contributed by atoms with Crippen molar-refractivity contribution in [1.82, 2.24) is 9.88 Å². The second-order valence-electron chi connectivity index (χ2n) is 7.60. The maximum absolute atomic E-state index is 12.2. The van der Waals surface area contributed by atoms with Crippen LogP contribution in [-0.2, 0) is 4.74 Å². The summed E-state index contributed by atoms with van der Waals surface area (Å²) in [4.78, 5) is 18.4. The first-order valence-corrected chi connectivity index (χ1v) is 8.86. The molecule has 2 aromatic rings. The molecule has 1 unspecified atom stereocenters.